The van der Waals surface area contributed by atoms with Gasteiger partial charge in [-0.2, -0.15) is 0 Å². The van der Waals surface area contributed by atoms with Gasteiger partial charge in [0.05, 0.1) is 17.7 Å². The minimum Gasteiger partial charge on any atom is -0.399 e. The standard InChI is InChI=1S/C18H25ClN4OSi/c1-25(2,3)9-8-24-12-23-11-21-16-10-15(19)17(22-18(16)23)13-4-6-14(20)7-5-13/h4-7,10-11,15,17H,8-9,12,20H2,1-3H3. The molecule has 5 nitrogen and oxygen atoms in total. The van der Waals surface area contributed by atoms with Crippen LogP contribution in [0.3, 0.4) is 0 Å². The second kappa shape index (κ2) is 7.31. The van der Waals surface area contributed by atoms with Gasteiger partial charge in [-0.1, -0.05) is 31.8 Å². The summed E-state index contributed by atoms with van der Waals surface area (Å²) in [5, 5.41) is 0.591. The summed E-state index contributed by atoms with van der Waals surface area (Å²) in [5.74, 6) is 0. The quantitative estimate of drug-likeness (QED) is 0.364. The molecule has 25 heavy (non-hydrogen) atoms. The summed E-state index contributed by atoms with van der Waals surface area (Å²) in [7, 11) is -1.08. The van der Waals surface area contributed by atoms with Crippen molar-refractivity contribution in [1.29, 1.82) is 0 Å². The maximum Gasteiger partial charge on any atom is 0.157 e. The van der Waals surface area contributed by atoms with E-state index in [0.717, 1.165) is 34.7 Å². The van der Waals surface area contributed by atoms with Gasteiger partial charge in [-0.15, -0.1) is 11.6 Å². The largest absolute Gasteiger partial charge is 0.399 e. The van der Waals surface area contributed by atoms with Crippen LogP contribution in [-0.2, 0) is 11.5 Å². The number of nitrogens with two attached hydrogens (primary N) is 1. The minimum atomic E-state index is -1.08. The van der Waals surface area contributed by atoms with E-state index in [1.54, 1.807) is 6.33 Å². The maximum atomic E-state index is 6.51. The van der Waals surface area contributed by atoms with Gasteiger partial charge in [0.15, 0.2) is 5.49 Å². The first-order valence-corrected chi connectivity index (χ1v) is 12.7. The zero-order valence-electron chi connectivity index (χ0n) is 14.9. The van der Waals surface area contributed by atoms with Gasteiger partial charge in [0.25, 0.3) is 0 Å². The Bertz CT molecular complexity index is 841. The number of hydrogen-bond donors (Lipinski definition) is 1. The molecule has 0 saturated carbocycles. The number of imidazole rings is 1. The van der Waals surface area contributed by atoms with E-state index in [1.807, 2.05) is 34.9 Å². The third-order valence-electron chi connectivity index (χ3n) is 4.22. The molecule has 2 aromatic rings. The van der Waals surface area contributed by atoms with Crippen LogP contribution in [0.4, 0.5) is 5.69 Å². The van der Waals surface area contributed by atoms with Gasteiger partial charge in [0.2, 0.25) is 0 Å². The summed E-state index contributed by atoms with van der Waals surface area (Å²) < 4.78 is 7.79. The molecule has 1 aromatic carbocycles. The number of nitrogen functional groups attached to an aromatic ring is 1. The number of benzene rings is 1. The number of ether oxygens (including phenoxy) is 1. The molecule has 7 heteroatoms. The van der Waals surface area contributed by atoms with Crippen LogP contribution in [-0.4, -0.2) is 29.6 Å². The Labute approximate surface area is 154 Å². The first-order chi connectivity index (χ1) is 11.8. The average Bonchev–Trinajstić information content (AvgIpc) is 2.93. The molecule has 1 aromatic heterocycles. The van der Waals surface area contributed by atoms with Crippen LogP contribution in [0.15, 0.2) is 35.6 Å². The number of alkyl halides is 1. The molecule has 134 valence electrons. The van der Waals surface area contributed by atoms with Crippen molar-refractivity contribution < 1.29 is 4.74 Å². The fraction of sp³-hybridized carbons (Fsp3) is 0.444. The van der Waals surface area contributed by atoms with Crippen LogP contribution in [0.5, 0.6) is 0 Å². The summed E-state index contributed by atoms with van der Waals surface area (Å²) in [5.41, 5.74) is 8.38. The number of fused-ring (bicyclic) bond motifs is 1. The topological polar surface area (TPSA) is 65.4 Å². The molecule has 2 heterocycles. The molecular formula is C18H25ClN4OSi. The average molecular weight is 377 g/mol. The smallest absolute Gasteiger partial charge is 0.157 e. The molecule has 0 fully saturated rings. The van der Waals surface area contributed by atoms with Crippen LogP contribution < -0.4 is 16.6 Å². The molecule has 1 aliphatic heterocycles. The summed E-state index contributed by atoms with van der Waals surface area (Å²) in [6.07, 6.45) is 3.73. The molecule has 2 atom stereocenters. The molecule has 0 aliphatic carbocycles. The predicted molar refractivity (Wildman–Crippen MR) is 105 cm³/mol. The fourth-order valence-electron chi connectivity index (χ4n) is 2.68. The van der Waals surface area contributed by atoms with Crippen molar-refractivity contribution in [2.24, 2.45) is 4.99 Å². The van der Waals surface area contributed by atoms with Gasteiger partial charge >= 0.3 is 0 Å². The fourth-order valence-corrected chi connectivity index (χ4v) is 3.76. The lowest BCUT2D eigenvalue weighted by molar-refractivity contribution is 0.0843. The van der Waals surface area contributed by atoms with Gasteiger partial charge in [-0.3, -0.25) is 9.56 Å². The lowest BCUT2D eigenvalue weighted by Crippen LogP contribution is -2.37. The summed E-state index contributed by atoms with van der Waals surface area (Å²) in [6.45, 7) is 8.27. The van der Waals surface area contributed by atoms with Crippen molar-refractivity contribution in [2.75, 3.05) is 12.3 Å². The maximum absolute atomic E-state index is 6.51. The molecule has 2 N–H and O–H groups in total. The van der Waals surface area contributed by atoms with E-state index in [9.17, 15) is 0 Å². The van der Waals surface area contributed by atoms with E-state index in [4.69, 9.17) is 27.1 Å². The number of halogens is 1. The van der Waals surface area contributed by atoms with E-state index in [1.165, 1.54) is 0 Å². The third-order valence-corrected chi connectivity index (χ3v) is 6.29. The van der Waals surface area contributed by atoms with Crippen LogP contribution in [0.2, 0.25) is 25.7 Å². The highest BCUT2D eigenvalue weighted by Crippen LogP contribution is 2.27. The zero-order valence-corrected chi connectivity index (χ0v) is 16.7. The van der Waals surface area contributed by atoms with Gasteiger partial charge in [-0.05, 0) is 29.8 Å². The highest BCUT2D eigenvalue weighted by Gasteiger charge is 2.23. The van der Waals surface area contributed by atoms with Gasteiger partial charge in [0.1, 0.15) is 12.1 Å². The number of nitrogens with zero attached hydrogens (tertiary/aromatic N) is 3. The number of hydrogen-bond acceptors (Lipinski definition) is 4. The second-order valence-corrected chi connectivity index (χ2v) is 13.7. The van der Waals surface area contributed by atoms with E-state index >= 15 is 0 Å². The highest BCUT2D eigenvalue weighted by atomic mass is 35.5. The van der Waals surface area contributed by atoms with E-state index in [-0.39, 0.29) is 11.4 Å². The summed E-state index contributed by atoms with van der Waals surface area (Å²) in [6, 6.07) is 8.70. The number of aromatic nitrogens is 2. The third kappa shape index (κ3) is 4.51. The molecule has 0 spiro atoms. The molecule has 0 amide bonds. The normalized spacial score (nSPS) is 19.8. The van der Waals surface area contributed by atoms with Gasteiger partial charge in [0, 0.05) is 20.4 Å². The Hall–Kier alpha value is -1.63. The van der Waals surface area contributed by atoms with Crippen molar-refractivity contribution in [3.63, 3.8) is 0 Å². The predicted octanol–water partition coefficient (Wildman–Crippen LogP) is 2.54. The lowest BCUT2D eigenvalue weighted by atomic mass is 10.0. The summed E-state index contributed by atoms with van der Waals surface area (Å²) >= 11 is 6.51. The Morgan fingerprint density at radius 3 is 2.64 bits per heavy atom. The first-order valence-electron chi connectivity index (χ1n) is 8.51. The first kappa shape index (κ1) is 18.2. The van der Waals surface area contributed by atoms with E-state index in [0.29, 0.717) is 6.73 Å². The molecule has 1 aliphatic rings. The second-order valence-electron chi connectivity index (χ2n) is 7.62. The van der Waals surface area contributed by atoms with E-state index < -0.39 is 8.07 Å². The minimum absolute atomic E-state index is 0.146. The van der Waals surface area contributed by atoms with Crippen LogP contribution in [0.1, 0.15) is 11.6 Å². The van der Waals surface area contributed by atoms with Crippen molar-refractivity contribution in [3.05, 3.63) is 47.0 Å². The Kier molecular flexibility index (Phi) is 5.31. The Morgan fingerprint density at radius 1 is 1.24 bits per heavy atom. The van der Waals surface area contributed by atoms with Crippen LogP contribution in [0.25, 0.3) is 6.08 Å². The Balaban J connectivity index is 1.79. The molecule has 3 rings (SSSR count). The summed E-state index contributed by atoms with van der Waals surface area (Å²) in [4.78, 5) is 9.25. The van der Waals surface area contributed by atoms with Gasteiger partial charge in [-0.25, -0.2) is 4.98 Å². The molecule has 0 bridgehead atoms. The lowest BCUT2D eigenvalue weighted by Gasteiger charge is -2.19. The van der Waals surface area contributed by atoms with Crippen molar-refractivity contribution in [1.82, 2.24) is 9.55 Å². The van der Waals surface area contributed by atoms with Crippen LogP contribution in [0, 0.1) is 0 Å². The van der Waals surface area contributed by atoms with Crippen molar-refractivity contribution >= 4 is 31.4 Å². The molecule has 0 saturated heterocycles. The van der Waals surface area contributed by atoms with Gasteiger partial charge < -0.3 is 10.5 Å². The van der Waals surface area contributed by atoms with Crippen LogP contribution >= 0.6 is 11.6 Å². The SMILES string of the molecule is C[Si](C)(C)CCOCn1cnc2c1=NC(c1ccc(N)cc1)C(Cl)C=2. The number of rotatable bonds is 6. The van der Waals surface area contributed by atoms with Crippen molar-refractivity contribution in [3.8, 4) is 0 Å². The van der Waals surface area contributed by atoms with Crippen molar-refractivity contribution in [2.45, 2.75) is 43.8 Å². The molecular weight excluding hydrogens is 352 g/mol. The zero-order chi connectivity index (χ0) is 18.0. The Morgan fingerprint density at radius 2 is 1.96 bits per heavy atom. The number of anilines is 1. The highest BCUT2D eigenvalue weighted by molar-refractivity contribution is 6.76. The van der Waals surface area contributed by atoms with E-state index in [2.05, 4.69) is 24.6 Å². The molecule has 2 unspecified atom stereocenters. The molecule has 0 radical (unpaired) electrons. The monoisotopic (exact) mass is 376 g/mol.